The number of benzene rings is 1. The molecule has 4 nitrogen and oxygen atoms in total. The molecule has 1 amide bonds. The summed E-state index contributed by atoms with van der Waals surface area (Å²) in [6.45, 7) is 4.39. The normalized spacial score (nSPS) is 22.3. The second kappa shape index (κ2) is 4.76. The van der Waals surface area contributed by atoms with Gasteiger partial charge in [0.25, 0.3) is 0 Å². The van der Waals surface area contributed by atoms with Gasteiger partial charge in [0.1, 0.15) is 0 Å². The van der Waals surface area contributed by atoms with Crippen molar-refractivity contribution >= 4 is 23.0 Å². The number of nitrogen functional groups attached to an aromatic ring is 1. The van der Waals surface area contributed by atoms with Crippen molar-refractivity contribution in [3.8, 4) is 0 Å². The van der Waals surface area contributed by atoms with Gasteiger partial charge in [-0.2, -0.15) is 0 Å². The molecule has 19 heavy (non-hydrogen) atoms. The molecule has 0 aliphatic carbocycles. The molecule has 3 rings (SSSR count). The predicted molar refractivity (Wildman–Crippen MR) is 78.4 cm³/mol. The van der Waals surface area contributed by atoms with Gasteiger partial charge in [0, 0.05) is 18.8 Å². The fourth-order valence-electron chi connectivity index (χ4n) is 3.17. The molecule has 102 valence electrons. The van der Waals surface area contributed by atoms with E-state index in [4.69, 9.17) is 5.73 Å². The van der Waals surface area contributed by atoms with E-state index in [1.807, 2.05) is 12.1 Å². The average molecular weight is 259 g/mol. The Morgan fingerprint density at radius 2 is 2.32 bits per heavy atom. The number of nitrogens with two attached hydrogens (primary N) is 1. The van der Waals surface area contributed by atoms with Crippen LogP contribution in [-0.2, 0) is 11.2 Å². The summed E-state index contributed by atoms with van der Waals surface area (Å²) in [5.74, 6) is 0.827. The number of rotatable bonds is 2. The molecule has 0 aromatic heterocycles. The van der Waals surface area contributed by atoms with Crippen LogP contribution in [-0.4, -0.2) is 19.0 Å². The summed E-state index contributed by atoms with van der Waals surface area (Å²) in [7, 11) is 0. The van der Waals surface area contributed by atoms with E-state index in [1.165, 1.54) is 19.3 Å². The van der Waals surface area contributed by atoms with Gasteiger partial charge in [-0.05, 0) is 36.5 Å². The Bertz CT molecular complexity index is 512. The number of nitrogens with one attached hydrogen (secondary N) is 1. The van der Waals surface area contributed by atoms with E-state index in [2.05, 4.69) is 17.1 Å². The lowest BCUT2D eigenvalue weighted by atomic mass is 9.95. The number of hydrogen-bond acceptors (Lipinski definition) is 3. The highest BCUT2D eigenvalue weighted by atomic mass is 16.1. The van der Waals surface area contributed by atoms with Gasteiger partial charge < -0.3 is 16.0 Å². The van der Waals surface area contributed by atoms with E-state index in [9.17, 15) is 4.79 Å². The van der Waals surface area contributed by atoms with E-state index < -0.39 is 0 Å². The zero-order valence-corrected chi connectivity index (χ0v) is 11.4. The van der Waals surface area contributed by atoms with Crippen LogP contribution in [0.1, 0.15) is 31.7 Å². The second-order valence-corrected chi connectivity index (χ2v) is 5.66. The highest BCUT2D eigenvalue weighted by Gasteiger charge is 2.24. The van der Waals surface area contributed by atoms with Gasteiger partial charge in [0.15, 0.2) is 0 Å². The maximum Gasteiger partial charge on any atom is 0.228 e. The molecule has 1 aromatic carbocycles. The molecule has 4 heteroatoms. The van der Waals surface area contributed by atoms with E-state index in [1.54, 1.807) is 0 Å². The molecular weight excluding hydrogens is 238 g/mol. The summed E-state index contributed by atoms with van der Waals surface area (Å²) in [5.41, 5.74) is 10.0. The molecular formula is C15H21N3O. The number of carbonyl (C=O) groups is 1. The molecule has 1 unspecified atom stereocenters. The lowest BCUT2D eigenvalue weighted by Gasteiger charge is -2.35. The Labute approximate surface area is 114 Å². The van der Waals surface area contributed by atoms with Gasteiger partial charge in [-0.3, -0.25) is 4.79 Å². The first-order chi connectivity index (χ1) is 9.17. The monoisotopic (exact) mass is 259 g/mol. The topological polar surface area (TPSA) is 58.4 Å². The first-order valence-corrected chi connectivity index (χ1v) is 7.14. The van der Waals surface area contributed by atoms with E-state index in [-0.39, 0.29) is 5.91 Å². The molecule has 3 N–H and O–H groups in total. The highest BCUT2D eigenvalue weighted by Crippen LogP contribution is 2.35. The summed E-state index contributed by atoms with van der Waals surface area (Å²) < 4.78 is 0. The van der Waals surface area contributed by atoms with Crippen molar-refractivity contribution in [2.45, 2.75) is 32.6 Å². The molecule has 1 saturated heterocycles. The third-order valence-electron chi connectivity index (χ3n) is 4.31. The second-order valence-electron chi connectivity index (χ2n) is 5.66. The van der Waals surface area contributed by atoms with Crippen LogP contribution in [0.15, 0.2) is 12.1 Å². The third kappa shape index (κ3) is 2.27. The minimum Gasteiger partial charge on any atom is -0.397 e. The number of hydrogen-bond donors (Lipinski definition) is 2. The van der Waals surface area contributed by atoms with Crippen molar-refractivity contribution in [2.24, 2.45) is 5.92 Å². The predicted octanol–water partition coefficient (Wildman–Crippen LogP) is 2.39. The molecule has 2 heterocycles. The summed E-state index contributed by atoms with van der Waals surface area (Å²) >= 11 is 0. The van der Waals surface area contributed by atoms with Gasteiger partial charge in [-0.15, -0.1) is 0 Å². The van der Waals surface area contributed by atoms with Gasteiger partial charge in [-0.1, -0.05) is 13.3 Å². The van der Waals surface area contributed by atoms with Crippen molar-refractivity contribution in [1.82, 2.24) is 0 Å². The van der Waals surface area contributed by atoms with Crippen LogP contribution in [0, 0.1) is 5.92 Å². The number of anilines is 3. The Hall–Kier alpha value is -1.71. The number of piperidine rings is 1. The van der Waals surface area contributed by atoms with Crippen LogP contribution in [0.2, 0.25) is 0 Å². The summed E-state index contributed by atoms with van der Waals surface area (Å²) in [6, 6.07) is 4.01. The minimum atomic E-state index is 0.0663. The van der Waals surface area contributed by atoms with Gasteiger partial charge in [0.2, 0.25) is 5.91 Å². The largest absolute Gasteiger partial charge is 0.397 e. The average Bonchev–Trinajstić information content (AvgIpc) is 2.77. The van der Waals surface area contributed by atoms with Crippen molar-refractivity contribution in [1.29, 1.82) is 0 Å². The SMILES string of the molecule is CCC1CCCN(c2cc3c(cc2N)CC(=O)N3)C1. The summed E-state index contributed by atoms with van der Waals surface area (Å²) in [5, 5.41) is 2.91. The molecule has 0 spiro atoms. The van der Waals surface area contributed by atoms with Crippen molar-refractivity contribution in [2.75, 3.05) is 29.0 Å². The van der Waals surface area contributed by atoms with Crippen LogP contribution in [0.25, 0.3) is 0 Å². The highest BCUT2D eigenvalue weighted by molar-refractivity contribution is 6.00. The Morgan fingerprint density at radius 3 is 3.11 bits per heavy atom. The minimum absolute atomic E-state index is 0.0663. The standard InChI is InChI=1S/C15H21N3O/c1-2-10-4-3-5-18(9-10)14-8-13-11(6-12(14)16)7-15(19)17-13/h6,8,10H,2-5,7,9,16H2,1H3,(H,17,19). The smallest absolute Gasteiger partial charge is 0.228 e. The molecule has 1 atom stereocenters. The summed E-state index contributed by atoms with van der Waals surface area (Å²) in [4.78, 5) is 13.8. The number of amides is 1. The fraction of sp³-hybridized carbons (Fsp3) is 0.533. The van der Waals surface area contributed by atoms with Crippen LogP contribution in [0.4, 0.5) is 17.1 Å². The van der Waals surface area contributed by atoms with Gasteiger partial charge in [-0.25, -0.2) is 0 Å². The van der Waals surface area contributed by atoms with Crippen molar-refractivity contribution in [3.05, 3.63) is 17.7 Å². The zero-order valence-electron chi connectivity index (χ0n) is 11.4. The molecule has 0 radical (unpaired) electrons. The number of fused-ring (bicyclic) bond motifs is 1. The molecule has 1 aromatic rings. The summed E-state index contributed by atoms with van der Waals surface area (Å²) in [6.07, 6.45) is 4.21. The zero-order chi connectivity index (χ0) is 13.4. The molecule has 0 bridgehead atoms. The quantitative estimate of drug-likeness (QED) is 0.802. The van der Waals surface area contributed by atoms with Crippen LogP contribution >= 0.6 is 0 Å². The van der Waals surface area contributed by atoms with Gasteiger partial charge in [0.05, 0.1) is 17.8 Å². The van der Waals surface area contributed by atoms with E-state index >= 15 is 0 Å². The first-order valence-electron chi connectivity index (χ1n) is 7.14. The Balaban J connectivity index is 1.89. The maximum atomic E-state index is 11.4. The van der Waals surface area contributed by atoms with Crippen LogP contribution in [0.5, 0.6) is 0 Å². The Morgan fingerprint density at radius 1 is 1.47 bits per heavy atom. The van der Waals surface area contributed by atoms with Crippen molar-refractivity contribution in [3.63, 3.8) is 0 Å². The van der Waals surface area contributed by atoms with E-state index in [0.717, 1.165) is 41.6 Å². The fourth-order valence-corrected chi connectivity index (χ4v) is 3.17. The first kappa shape index (κ1) is 12.3. The lowest BCUT2D eigenvalue weighted by Crippen LogP contribution is -2.35. The molecule has 2 aliphatic heterocycles. The lowest BCUT2D eigenvalue weighted by molar-refractivity contribution is -0.115. The third-order valence-corrected chi connectivity index (χ3v) is 4.31. The Kier molecular flexibility index (Phi) is 3.09. The number of carbonyl (C=O) groups excluding carboxylic acids is 1. The van der Waals surface area contributed by atoms with E-state index in [0.29, 0.717) is 6.42 Å². The van der Waals surface area contributed by atoms with Crippen LogP contribution < -0.4 is 16.0 Å². The molecule has 0 saturated carbocycles. The maximum absolute atomic E-state index is 11.4. The van der Waals surface area contributed by atoms with Crippen molar-refractivity contribution < 1.29 is 4.79 Å². The number of nitrogens with zero attached hydrogens (tertiary/aromatic N) is 1. The van der Waals surface area contributed by atoms with Crippen LogP contribution in [0.3, 0.4) is 0 Å². The van der Waals surface area contributed by atoms with Gasteiger partial charge >= 0.3 is 0 Å². The molecule has 2 aliphatic rings. The molecule has 1 fully saturated rings.